The van der Waals surface area contributed by atoms with Gasteiger partial charge in [-0.2, -0.15) is 0 Å². The van der Waals surface area contributed by atoms with E-state index in [0.717, 1.165) is 60.1 Å². The van der Waals surface area contributed by atoms with Gasteiger partial charge >= 0.3 is 0 Å². The van der Waals surface area contributed by atoms with Gasteiger partial charge in [-0.25, -0.2) is 0 Å². The Bertz CT molecular complexity index is 1670. The number of ether oxygens (including phenoxy) is 1. The molecule has 1 N–H and O–H groups in total. The van der Waals surface area contributed by atoms with E-state index in [2.05, 4.69) is 27.8 Å². The van der Waals surface area contributed by atoms with Crippen LogP contribution < -0.4 is 10.1 Å². The minimum absolute atomic E-state index is 0.0826. The van der Waals surface area contributed by atoms with Crippen LogP contribution in [0.5, 0.6) is 5.75 Å². The lowest BCUT2D eigenvalue weighted by Gasteiger charge is -2.39. The zero-order valence-corrected chi connectivity index (χ0v) is 26.8. The van der Waals surface area contributed by atoms with Gasteiger partial charge < -0.3 is 14.6 Å². The van der Waals surface area contributed by atoms with E-state index in [0.29, 0.717) is 52.1 Å². The first-order valence-corrected chi connectivity index (χ1v) is 16.3. The number of carbonyl (C=O) groups excluding carboxylic acids is 2. The summed E-state index contributed by atoms with van der Waals surface area (Å²) in [5.41, 5.74) is 4.54. The molecule has 230 valence electrons. The second kappa shape index (κ2) is 13.4. The monoisotopic (exact) mass is 631 g/mol. The Morgan fingerprint density at radius 3 is 2.45 bits per heavy atom. The number of piperidine rings is 1. The fraction of sp³-hybridized carbons (Fsp3) is 0.389. The third-order valence-electron chi connectivity index (χ3n) is 9.54. The van der Waals surface area contributed by atoms with Crippen molar-refractivity contribution in [1.29, 1.82) is 0 Å². The molecule has 2 bridgehead atoms. The van der Waals surface area contributed by atoms with Crippen molar-refractivity contribution in [3.05, 3.63) is 99.2 Å². The minimum atomic E-state index is -0.0826. The average Bonchev–Trinajstić information content (AvgIpc) is 3.51. The average molecular weight is 633 g/mol. The van der Waals surface area contributed by atoms with Gasteiger partial charge in [-0.15, -0.1) is 0 Å². The summed E-state index contributed by atoms with van der Waals surface area (Å²) in [4.78, 5) is 29.1. The van der Waals surface area contributed by atoms with E-state index in [-0.39, 0.29) is 11.7 Å². The van der Waals surface area contributed by atoms with E-state index in [4.69, 9.17) is 27.9 Å². The number of nitrogens with zero attached hydrogens (tertiary/aromatic N) is 2. The number of ketones is 1. The van der Waals surface area contributed by atoms with Gasteiger partial charge in [0.05, 0.1) is 28.2 Å². The number of aromatic nitrogens is 1. The SMILES string of the molecule is COc1cccc2c(C(=O)NCc3ccccc3C)cn(CCCN3[C@@H]4CC[C@H]3C[C@@H](CC(=O)c3ccc(Cl)c(Cl)c3)C4)c12. The number of para-hydroxylation sites is 1. The van der Waals surface area contributed by atoms with E-state index in [1.165, 1.54) is 12.8 Å². The van der Waals surface area contributed by atoms with Crippen molar-refractivity contribution in [3.63, 3.8) is 0 Å². The molecule has 3 atom stereocenters. The molecule has 2 saturated heterocycles. The van der Waals surface area contributed by atoms with Crippen LogP contribution in [0.25, 0.3) is 10.9 Å². The van der Waals surface area contributed by atoms with Crippen LogP contribution in [0.4, 0.5) is 0 Å². The molecule has 1 amide bonds. The molecular weight excluding hydrogens is 593 g/mol. The topological polar surface area (TPSA) is 63.6 Å². The van der Waals surface area contributed by atoms with Crippen LogP contribution in [0.1, 0.15) is 70.4 Å². The lowest BCUT2D eigenvalue weighted by Crippen LogP contribution is -2.43. The zero-order valence-electron chi connectivity index (χ0n) is 25.3. The lowest BCUT2D eigenvalue weighted by molar-refractivity contribution is 0.0807. The zero-order chi connectivity index (χ0) is 30.8. The predicted molar refractivity (Wildman–Crippen MR) is 177 cm³/mol. The maximum absolute atomic E-state index is 13.4. The molecule has 0 spiro atoms. The summed E-state index contributed by atoms with van der Waals surface area (Å²) in [6.07, 6.45) is 7.98. The summed E-state index contributed by atoms with van der Waals surface area (Å²) in [5.74, 6) is 1.23. The van der Waals surface area contributed by atoms with Crippen molar-refractivity contribution in [2.45, 2.75) is 70.6 Å². The summed E-state index contributed by atoms with van der Waals surface area (Å²) in [6.45, 7) is 4.33. The van der Waals surface area contributed by atoms with Gasteiger partial charge in [0.2, 0.25) is 0 Å². The number of halogens is 2. The van der Waals surface area contributed by atoms with Crippen LogP contribution in [0.3, 0.4) is 0 Å². The molecule has 6 rings (SSSR count). The summed E-state index contributed by atoms with van der Waals surface area (Å²) in [7, 11) is 1.68. The molecule has 2 fully saturated rings. The standard InChI is InChI=1S/C36H39Cl2N3O3/c1-23-7-3-4-8-26(23)21-39-36(43)30-22-40(35-29(30)9-5-10-34(35)44-2)15-6-16-41-27-12-13-28(41)18-24(17-27)19-33(42)25-11-14-31(37)32(38)20-25/h3-5,7-11,14,20,22,24,27-28H,6,12-13,15-19,21H2,1-2H3,(H,39,43)/t24-,27+,28-. The van der Waals surface area contributed by atoms with E-state index in [9.17, 15) is 9.59 Å². The van der Waals surface area contributed by atoms with Crippen molar-refractivity contribution >= 4 is 45.8 Å². The Labute approximate surface area is 269 Å². The van der Waals surface area contributed by atoms with Crippen LogP contribution in [0.2, 0.25) is 10.0 Å². The predicted octanol–water partition coefficient (Wildman–Crippen LogP) is 8.10. The molecule has 0 saturated carbocycles. The molecule has 1 aromatic heterocycles. The van der Waals surface area contributed by atoms with Gasteiger partial charge in [0.1, 0.15) is 5.75 Å². The van der Waals surface area contributed by atoms with E-state index in [1.807, 2.05) is 42.6 Å². The first-order valence-electron chi connectivity index (χ1n) is 15.5. The number of aryl methyl sites for hydroxylation is 2. The summed E-state index contributed by atoms with van der Waals surface area (Å²) in [6, 6.07) is 20.2. The number of amides is 1. The number of hydrogen-bond donors (Lipinski definition) is 1. The van der Waals surface area contributed by atoms with Gasteiger partial charge in [0.25, 0.3) is 5.91 Å². The highest BCUT2D eigenvalue weighted by Gasteiger charge is 2.40. The Morgan fingerprint density at radius 2 is 1.73 bits per heavy atom. The number of fused-ring (bicyclic) bond motifs is 3. The molecule has 0 radical (unpaired) electrons. The van der Waals surface area contributed by atoms with E-state index >= 15 is 0 Å². The number of rotatable bonds is 11. The molecule has 8 heteroatoms. The van der Waals surface area contributed by atoms with Crippen molar-refractivity contribution in [2.75, 3.05) is 13.7 Å². The summed E-state index contributed by atoms with van der Waals surface area (Å²) >= 11 is 12.2. The third-order valence-corrected chi connectivity index (χ3v) is 10.3. The molecule has 3 aromatic carbocycles. The first kappa shape index (κ1) is 30.7. The molecule has 3 heterocycles. The highest BCUT2D eigenvalue weighted by Crippen LogP contribution is 2.40. The van der Waals surface area contributed by atoms with Gasteiger partial charge in [0.15, 0.2) is 5.78 Å². The number of methoxy groups -OCH3 is 1. The van der Waals surface area contributed by atoms with Gasteiger partial charge in [-0.05, 0) is 80.3 Å². The Hall–Kier alpha value is -3.32. The molecule has 44 heavy (non-hydrogen) atoms. The van der Waals surface area contributed by atoms with Crippen molar-refractivity contribution in [2.24, 2.45) is 5.92 Å². The third kappa shape index (κ3) is 6.39. The maximum Gasteiger partial charge on any atom is 0.253 e. The second-order valence-electron chi connectivity index (χ2n) is 12.3. The number of benzene rings is 3. The molecular formula is C36H39Cl2N3O3. The number of carbonyl (C=O) groups is 2. The van der Waals surface area contributed by atoms with Gasteiger partial charge in [0, 0.05) is 55.3 Å². The van der Waals surface area contributed by atoms with Crippen molar-refractivity contribution in [1.82, 2.24) is 14.8 Å². The van der Waals surface area contributed by atoms with E-state index in [1.54, 1.807) is 25.3 Å². The molecule has 6 nitrogen and oxygen atoms in total. The lowest BCUT2D eigenvalue weighted by atomic mass is 9.85. The minimum Gasteiger partial charge on any atom is -0.495 e. The van der Waals surface area contributed by atoms with E-state index < -0.39 is 0 Å². The molecule has 4 aromatic rings. The Balaban J connectivity index is 1.09. The van der Waals surface area contributed by atoms with Gasteiger partial charge in [-0.1, -0.05) is 59.6 Å². The molecule has 2 aliphatic rings. The summed E-state index contributed by atoms with van der Waals surface area (Å²) in [5, 5.41) is 4.92. The fourth-order valence-electron chi connectivity index (χ4n) is 7.32. The Kier molecular flexibility index (Phi) is 9.31. The molecule has 0 unspecified atom stereocenters. The maximum atomic E-state index is 13.4. The second-order valence-corrected chi connectivity index (χ2v) is 13.1. The fourth-order valence-corrected chi connectivity index (χ4v) is 7.62. The Morgan fingerprint density at radius 1 is 0.955 bits per heavy atom. The quantitative estimate of drug-likeness (QED) is 0.170. The number of Topliss-reactive ketones (excluding diaryl/α,β-unsaturated/α-hetero) is 1. The molecule has 2 aliphatic heterocycles. The number of hydrogen-bond acceptors (Lipinski definition) is 4. The highest BCUT2D eigenvalue weighted by atomic mass is 35.5. The number of nitrogens with one attached hydrogen (secondary N) is 1. The van der Waals surface area contributed by atoms with Gasteiger partial charge in [-0.3, -0.25) is 14.5 Å². The summed E-state index contributed by atoms with van der Waals surface area (Å²) < 4.78 is 7.91. The normalized spacial score (nSPS) is 19.8. The highest BCUT2D eigenvalue weighted by molar-refractivity contribution is 6.42. The first-order chi connectivity index (χ1) is 21.3. The smallest absolute Gasteiger partial charge is 0.253 e. The van der Waals surface area contributed by atoms with Crippen molar-refractivity contribution < 1.29 is 14.3 Å². The van der Waals surface area contributed by atoms with Crippen LogP contribution in [-0.4, -0.2) is 46.9 Å². The van der Waals surface area contributed by atoms with Crippen molar-refractivity contribution in [3.8, 4) is 5.75 Å². The molecule has 0 aliphatic carbocycles. The van der Waals surface area contributed by atoms with Crippen LogP contribution in [0, 0.1) is 12.8 Å². The van der Waals surface area contributed by atoms with Crippen LogP contribution in [-0.2, 0) is 13.1 Å². The van der Waals surface area contributed by atoms with Crippen LogP contribution in [0.15, 0.2) is 66.9 Å². The largest absolute Gasteiger partial charge is 0.495 e. The van der Waals surface area contributed by atoms with Crippen LogP contribution >= 0.6 is 23.2 Å².